The van der Waals surface area contributed by atoms with Crippen molar-refractivity contribution in [1.29, 1.82) is 0 Å². The molecule has 0 aliphatic rings. The normalized spacial score (nSPS) is 12.1. The van der Waals surface area contributed by atoms with Gasteiger partial charge in [0.2, 0.25) is 5.75 Å². The molecule has 9 heteroatoms. The number of hydrogen-bond acceptors (Lipinski definition) is 5. The van der Waals surface area contributed by atoms with Gasteiger partial charge in [-0.2, -0.15) is 0 Å². The fourth-order valence-electron chi connectivity index (χ4n) is 3.29. The molecular weight excluding hydrogens is 446 g/mol. The van der Waals surface area contributed by atoms with Crippen LogP contribution in [-0.4, -0.2) is 16.1 Å². The Morgan fingerprint density at radius 1 is 1.29 bits per heavy atom. The van der Waals surface area contributed by atoms with Gasteiger partial charge in [-0.25, -0.2) is 14.2 Å². The van der Waals surface area contributed by atoms with Crippen molar-refractivity contribution in [2.24, 2.45) is 0 Å². The van der Waals surface area contributed by atoms with Gasteiger partial charge in [0.15, 0.2) is 11.4 Å². The quantitative estimate of drug-likeness (QED) is 0.336. The van der Waals surface area contributed by atoms with Gasteiger partial charge in [-0.1, -0.05) is 35.3 Å². The zero-order valence-electron chi connectivity index (χ0n) is 16.0. The van der Waals surface area contributed by atoms with Crippen LogP contribution in [0.15, 0.2) is 53.3 Å². The number of carbonyl (C=O) groups is 1. The Bertz CT molecular complexity index is 1320. The van der Waals surface area contributed by atoms with E-state index in [-0.39, 0.29) is 32.7 Å². The van der Waals surface area contributed by atoms with Crippen LogP contribution in [0.1, 0.15) is 28.9 Å². The van der Waals surface area contributed by atoms with E-state index in [0.29, 0.717) is 22.1 Å². The van der Waals surface area contributed by atoms with E-state index < -0.39 is 17.9 Å². The molecule has 0 saturated carbocycles. The topological polar surface area (TPSA) is 98.6 Å². The molecule has 2 aromatic heterocycles. The Morgan fingerprint density at radius 2 is 2.06 bits per heavy atom. The highest BCUT2D eigenvalue weighted by Gasteiger charge is 2.23. The number of anilines is 1. The van der Waals surface area contributed by atoms with Crippen LogP contribution in [0, 0.1) is 5.82 Å². The first-order valence-corrected chi connectivity index (χ1v) is 9.83. The predicted octanol–water partition coefficient (Wildman–Crippen LogP) is 6.36. The predicted molar refractivity (Wildman–Crippen MR) is 116 cm³/mol. The van der Waals surface area contributed by atoms with Crippen molar-refractivity contribution >= 4 is 46.0 Å². The number of benzene rings is 2. The number of fused-ring (bicyclic) bond motifs is 1. The minimum Gasteiger partial charge on any atom is -0.478 e. The number of nitrogens with two attached hydrogens (primary N) is 1. The monoisotopic (exact) mass is 460 g/mol. The van der Waals surface area contributed by atoms with Crippen molar-refractivity contribution in [2.75, 3.05) is 5.73 Å². The smallest absolute Gasteiger partial charge is 0.335 e. The SMILES string of the molecule is C[C@@H](Oc1c(N)ncc2c(-c3cccc(C(=O)O)c3)coc12)c1c(Cl)ccc(F)c1Cl. The van der Waals surface area contributed by atoms with Crippen LogP contribution >= 0.6 is 23.2 Å². The van der Waals surface area contributed by atoms with Crippen LogP contribution < -0.4 is 10.5 Å². The van der Waals surface area contributed by atoms with Gasteiger partial charge < -0.3 is 20.0 Å². The Balaban J connectivity index is 1.78. The third kappa shape index (κ3) is 3.78. The van der Waals surface area contributed by atoms with Crippen LogP contribution in [0.5, 0.6) is 5.75 Å². The second-order valence-corrected chi connectivity index (χ2v) is 7.55. The average molecular weight is 461 g/mol. The van der Waals surface area contributed by atoms with E-state index in [1.807, 2.05) is 0 Å². The summed E-state index contributed by atoms with van der Waals surface area (Å²) in [5, 5.41) is 9.91. The van der Waals surface area contributed by atoms with E-state index in [1.165, 1.54) is 36.7 Å². The van der Waals surface area contributed by atoms with Crippen LogP contribution in [0.2, 0.25) is 10.0 Å². The number of hydrogen-bond donors (Lipinski definition) is 2. The Kier molecular flexibility index (Phi) is 5.47. The summed E-state index contributed by atoms with van der Waals surface area (Å²) >= 11 is 12.3. The fourth-order valence-corrected chi connectivity index (χ4v) is 3.97. The number of nitrogen functional groups attached to an aromatic ring is 1. The van der Waals surface area contributed by atoms with Gasteiger partial charge in [-0.05, 0) is 36.8 Å². The van der Waals surface area contributed by atoms with Crippen molar-refractivity contribution in [1.82, 2.24) is 4.98 Å². The standard InChI is InChI=1S/C22H15Cl2FN2O4/c1-10(17-15(23)5-6-16(25)18(17)24)31-20-19-13(8-27-21(20)26)14(9-30-19)11-3-2-4-12(7-11)22(28)29/h2-10H,1H3,(H2,26,27)(H,28,29)/t10-/m1/s1. The Morgan fingerprint density at radius 3 is 2.81 bits per heavy atom. The summed E-state index contributed by atoms with van der Waals surface area (Å²) < 4.78 is 25.6. The maximum absolute atomic E-state index is 13.9. The lowest BCUT2D eigenvalue weighted by Crippen LogP contribution is -2.08. The number of aromatic carboxylic acids is 1. The number of aromatic nitrogens is 1. The number of carboxylic acids is 1. The molecule has 1 atom stereocenters. The lowest BCUT2D eigenvalue weighted by molar-refractivity contribution is 0.0697. The molecule has 0 aliphatic heterocycles. The summed E-state index contributed by atoms with van der Waals surface area (Å²) in [7, 11) is 0. The van der Waals surface area contributed by atoms with Crippen LogP contribution in [0.25, 0.3) is 22.1 Å². The summed E-state index contributed by atoms with van der Waals surface area (Å²) in [6, 6.07) is 8.96. The minimum absolute atomic E-state index is 0.0585. The third-order valence-electron chi connectivity index (χ3n) is 4.80. The zero-order chi connectivity index (χ0) is 22.3. The lowest BCUT2D eigenvalue weighted by Gasteiger charge is -2.18. The molecule has 4 rings (SSSR count). The fraction of sp³-hybridized carbons (Fsp3) is 0.0909. The molecule has 2 aromatic carbocycles. The van der Waals surface area contributed by atoms with Gasteiger partial charge in [-0.3, -0.25) is 0 Å². The number of halogens is 3. The molecule has 0 fully saturated rings. The number of nitrogens with zero attached hydrogens (tertiary/aromatic N) is 1. The van der Waals surface area contributed by atoms with Crippen molar-refractivity contribution < 1.29 is 23.4 Å². The summed E-state index contributed by atoms with van der Waals surface area (Å²) in [4.78, 5) is 15.5. The minimum atomic E-state index is -1.04. The highest BCUT2D eigenvalue weighted by Crippen LogP contribution is 2.41. The van der Waals surface area contributed by atoms with Crippen molar-refractivity contribution in [3.8, 4) is 16.9 Å². The Hall–Kier alpha value is -3.29. The average Bonchev–Trinajstić information content (AvgIpc) is 3.17. The van der Waals surface area contributed by atoms with Crippen LogP contribution in [0.3, 0.4) is 0 Å². The molecule has 0 spiro atoms. The summed E-state index contributed by atoms with van der Waals surface area (Å²) in [5.41, 5.74) is 7.96. The number of pyridine rings is 1. The molecule has 6 nitrogen and oxygen atoms in total. The second-order valence-electron chi connectivity index (χ2n) is 6.77. The van der Waals surface area contributed by atoms with Crippen molar-refractivity contribution in [2.45, 2.75) is 13.0 Å². The van der Waals surface area contributed by atoms with Gasteiger partial charge in [0, 0.05) is 22.3 Å². The zero-order valence-corrected chi connectivity index (χ0v) is 17.5. The highest BCUT2D eigenvalue weighted by molar-refractivity contribution is 6.36. The summed E-state index contributed by atoms with van der Waals surface area (Å²) in [6.45, 7) is 1.64. The molecule has 0 amide bonds. The van der Waals surface area contributed by atoms with E-state index in [4.69, 9.17) is 38.1 Å². The molecule has 0 aliphatic carbocycles. The highest BCUT2D eigenvalue weighted by atomic mass is 35.5. The number of ether oxygens (including phenoxy) is 1. The number of carboxylic acid groups (broad SMARTS) is 1. The van der Waals surface area contributed by atoms with Crippen molar-refractivity contribution in [3.05, 3.63) is 75.8 Å². The van der Waals surface area contributed by atoms with Gasteiger partial charge in [0.25, 0.3) is 0 Å². The van der Waals surface area contributed by atoms with Crippen molar-refractivity contribution in [3.63, 3.8) is 0 Å². The van der Waals surface area contributed by atoms with Gasteiger partial charge in [0.05, 0.1) is 22.2 Å². The maximum atomic E-state index is 13.9. The molecule has 0 bridgehead atoms. The number of furan rings is 1. The first kappa shape index (κ1) is 21.0. The lowest BCUT2D eigenvalue weighted by atomic mass is 10.0. The van der Waals surface area contributed by atoms with Gasteiger partial charge >= 0.3 is 5.97 Å². The first-order chi connectivity index (χ1) is 14.8. The molecule has 2 heterocycles. The molecule has 31 heavy (non-hydrogen) atoms. The third-order valence-corrected chi connectivity index (χ3v) is 5.52. The maximum Gasteiger partial charge on any atom is 0.335 e. The Labute approximate surface area is 186 Å². The van der Waals surface area contributed by atoms with E-state index in [2.05, 4.69) is 4.98 Å². The molecule has 158 valence electrons. The summed E-state index contributed by atoms with van der Waals surface area (Å²) in [5.74, 6) is -1.47. The second kappa shape index (κ2) is 8.09. The molecule has 4 aromatic rings. The first-order valence-electron chi connectivity index (χ1n) is 9.07. The summed E-state index contributed by atoms with van der Waals surface area (Å²) in [6.07, 6.45) is 2.21. The van der Waals surface area contributed by atoms with Crippen LogP contribution in [0.4, 0.5) is 10.2 Å². The van der Waals surface area contributed by atoms with E-state index >= 15 is 0 Å². The van der Waals surface area contributed by atoms with E-state index in [9.17, 15) is 14.3 Å². The molecule has 0 unspecified atom stereocenters. The molecule has 0 saturated heterocycles. The number of rotatable bonds is 5. The van der Waals surface area contributed by atoms with E-state index in [1.54, 1.807) is 19.1 Å². The molecular formula is C22H15Cl2FN2O4. The van der Waals surface area contributed by atoms with E-state index in [0.717, 1.165) is 0 Å². The van der Waals surface area contributed by atoms with Gasteiger partial charge in [-0.15, -0.1) is 0 Å². The van der Waals surface area contributed by atoms with Crippen LogP contribution in [-0.2, 0) is 0 Å². The largest absolute Gasteiger partial charge is 0.478 e. The molecule has 0 radical (unpaired) electrons. The van der Waals surface area contributed by atoms with Gasteiger partial charge in [0.1, 0.15) is 11.9 Å². The molecule has 3 N–H and O–H groups in total.